The maximum absolute atomic E-state index is 12.4. The number of hydrogen-bond acceptors (Lipinski definition) is 4. The largest absolute Gasteiger partial charge is 0.489 e. The van der Waals surface area contributed by atoms with Gasteiger partial charge < -0.3 is 14.8 Å². The standard InChI is InChI=1S/C19H13Cl2F2NO3S/c20-12-2-1-3-14(7-12)26-9-11-6-17(28-10-11)18(25)24-13-4-5-16(15(21)8-13)27-19(22)23/h1-8,10,19H,9H2,(H,24,25). The lowest BCUT2D eigenvalue weighted by atomic mass is 10.2. The zero-order valence-corrected chi connectivity index (χ0v) is 16.5. The van der Waals surface area contributed by atoms with Gasteiger partial charge in [-0.15, -0.1) is 11.3 Å². The Kier molecular flexibility index (Phi) is 6.72. The molecule has 0 aliphatic carbocycles. The van der Waals surface area contributed by atoms with E-state index in [1.165, 1.54) is 29.5 Å². The Morgan fingerprint density at radius 1 is 1.14 bits per heavy atom. The summed E-state index contributed by atoms with van der Waals surface area (Å²) in [7, 11) is 0. The monoisotopic (exact) mass is 443 g/mol. The first-order valence-electron chi connectivity index (χ1n) is 7.92. The summed E-state index contributed by atoms with van der Waals surface area (Å²) in [6, 6.07) is 12.8. The number of amides is 1. The summed E-state index contributed by atoms with van der Waals surface area (Å²) >= 11 is 13.1. The normalized spacial score (nSPS) is 10.8. The lowest BCUT2D eigenvalue weighted by Crippen LogP contribution is -2.10. The van der Waals surface area contributed by atoms with Gasteiger partial charge in [-0.25, -0.2) is 0 Å². The average Bonchev–Trinajstić information content (AvgIpc) is 3.11. The number of carbonyl (C=O) groups is 1. The molecule has 0 unspecified atom stereocenters. The first-order valence-corrected chi connectivity index (χ1v) is 9.56. The van der Waals surface area contributed by atoms with Gasteiger partial charge in [-0.05, 0) is 47.8 Å². The second-order valence-electron chi connectivity index (χ2n) is 5.54. The highest BCUT2D eigenvalue weighted by molar-refractivity contribution is 7.12. The molecule has 3 aromatic rings. The Hall–Kier alpha value is -2.35. The lowest BCUT2D eigenvalue weighted by Gasteiger charge is -2.09. The Bertz CT molecular complexity index is 981. The fourth-order valence-corrected chi connectivity index (χ4v) is 3.45. The minimum absolute atomic E-state index is 0.0279. The van der Waals surface area contributed by atoms with Crippen LogP contribution in [-0.2, 0) is 6.61 Å². The first-order chi connectivity index (χ1) is 13.4. The molecule has 1 heterocycles. The molecule has 4 nitrogen and oxygen atoms in total. The number of alkyl halides is 2. The number of benzene rings is 2. The quantitative estimate of drug-likeness (QED) is 0.453. The first kappa shape index (κ1) is 20.4. The molecule has 3 rings (SSSR count). The summed E-state index contributed by atoms with van der Waals surface area (Å²) in [5.41, 5.74) is 1.19. The van der Waals surface area contributed by atoms with Crippen molar-refractivity contribution in [2.45, 2.75) is 13.2 Å². The highest BCUT2D eigenvalue weighted by atomic mass is 35.5. The van der Waals surface area contributed by atoms with E-state index in [9.17, 15) is 13.6 Å². The molecule has 0 atom stereocenters. The molecule has 1 amide bonds. The second kappa shape index (κ2) is 9.23. The van der Waals surface area contributed by atoms with E-state index in [2.05, 4.69) is 10.1 Å². The molecule has 28 heavy (non-hydrogen) atoms. The van der Waals surface area contributed by atoms with Gasteiger partial charge in [0.15, 0.2) is 0 Å². The van der Waals surface area contributed by atoms with Crippen LogP contribution >= 0.6 is 34.5 Å². The molecule has 0 saturated heterocycles. The van der Waals surface area contributed by atoms with Gasteiger partial charge in [0.2, 0.25) is 0 Å². The maximum atomic E-state index is 12.4. The molecule has 0 spiro atoms. The number of ether oxygens (including phenoxy) is 2. The molecular weight excluding hydrogens is 431 g/mol. The summed E-state index contributed by atoms with van der Waals surface area (Å²) in [6.45, 7) is -2.69. The summed E-state index contributed by atoms with van der Waals surface area (Å²) < 4.78 is 34.4. The van der Waals surface area contributed by atoms with Gasteiger partial charge in [0, 0.05) is 16.3 Å². The van der Waals surface area contributed by atoms with E-state index in [-0.39, 0.29) is 23.3 Å². The Balaban J connectivity index is 1.60. The molecule has 0 radical (unpaired) electrons. The number of carbonyl (C=O) groups excluding carboxylic acids is 1. The van der Waals surface area contributed by atoms with E-state index in [0.717, 1.165) is 5.56 Å². The van der Waals surface area contributed by atoms with Crippen molar-refractivity contribution in [1.82, 2.24) is 0 Å². The predicted molar refractivity (Wildman–Crippen MR) is 106 cm³/mol. The molecule has 0 aliphatic heterocycles. The van der Waals surface area contributed by atoms with Crippen LogP contribution in [0.25, 0.3) is 0 Å². The van der Waals surface area contributed by atoms with Gasteiger partial charge in [0.1, 0.15) is 18.1 Å². The number of nitrogens with one attached hydrogen (secondary N) is 1. The second-order valence-corrected chi connectivity index (χ2v) is 7.30. The van der Waals surface area contributed by atoms with Crippen LogP contribution in [0, 0.1) is 0 Å². The summed E-state index contributed by atoms with van der Waals surface area (Å²) in [5.74, 6) is 0.120. The summed E-state index contributed by atoms with van der Waals surface area (Å²) in [5, 5.41) is 5.02. The highest BCUT2D eigenvalue weighted by Gasteiger charge is 2.13. The van der Waals surface area contributed by atoms with Crippen molar-refractivity contribution >= 4 is 46.1 Å². The van der Waals surface area contributed by atoms with E-state index in [0.29, 0.717) is 21.3 Å². The smallest absolute Gasteiger partial charge is 0.387 e. The van der Waals surface area contributed by atoms with Crippen LogP contribution in [0.5, 0.6) is 11.5 Å². The molecule has 1 aromatic heterocycles. The van der Waals surface area contributed by atoms with Gasteiger partial charge in [-0.2, -0.15) is 8.78 Å². The maximum Gasteiger partial charge on any atom is 0.387 e. The van der Waals surface area contributed by atoms with Crippen LogP contribution in [0.4, 0.5) is 14.5 Å². The fourth-order valence-electron chi connectivity index (χ4n) is 2.26. The van der Waals surface area contributed by atoms with E-state index in [1.54, 1.807) is 30.3 Å². The van der Waals surface area contributed by atoms with E-state index >= 15 is 0 Å². The number of thiophene rings is 1. The Labute approximate surface area is 173 Å². The van der Waals surface area contributed by atoms with Crippen molar-refractivity contribution in [3.63, 3.8) is 0 Å². The van der Waals surface area contributed by atoms with Crippen molar-refractivity contribution in [3.05, 3.63) is 74.4 Å². The van der Waals surface area contributed by atoms with Crippen LogP contribution in [0.15, 0.2) is 53.9 Å². The zero-order valence-electron chi connectivity index (χ0n) is 14.1. The average molecular weight is 444 g/mol. The predicted octanol–water partition coefficient (Wildman–Crippen LogP) is 6.49. The lowest BCUT2D eigenvalue weighted by molar-refractivity contribution is -0.0497. The van der Waals surface area contributed by atoms with Crippen molar-refractivity contribution in [1.29, 1.82) is 0 Å². The third-order valence-corrected chi connectivity index (χ3v) is 4.99. The SMILES string of the molecule is O=C(Nc1ccc(OC(F)F)c(Cl)c1)c1cc(COc2cccc(Cl)c2)cs1. The van der Waals surface area contributed by atoms with Crippen LogP contribution in [0.2, 0.25) is 10.0 Å². The van der Waals surface area contributed by atoms with Gasteiger partial charge in [-0.1, -0.05) is 29.3 Å². The van der Waals surface area contributed by atoms with Crippen LogP contribution in [0.3, 0.4) is 0 Å². The van der Waals surface area contributed by atoms with Gasteiger partial charge >= 0.3 is 6.61 Å². The number of rotatable bonds is 7. The molecule has 2 aromatic carbocycles. The summed E-state index contributed by atoms with van der Waals surface area (Å²) in [6.07, 6.45) is 0. The molecule has 9 heteroatoms. The minimum Gasteiger partial charge on any atom is -0.489 e. The molecule has 1 N–H and O–H groups in total. The van der Waals surface area contributed by atoms with Crippen LogP contribution in [-0.4, -0.2) is 12.5 Å². The fraction of sp³-hybridized carbons (Fsp3) is 0.105. The van der Waals surface area contributed by atoms with Crippen LogP contribution in [0.1, 0.15) is 15.2 Å². The van der Waals surface area contributed by atoms with Crippen molar-refractivity contribution in [3.8, 4) is 11.5 Å². The van der Waals surface area contributed by atoms with Gasteiger partial charge in [-0.3, -0.25) is 4.79 Å². The molecular formula is C19H13Cl2F2NO3S. The molecule has 0 aliphatic rings. The van der Waals surface area contributed by atoms with Crippen molar-refractivity contribution in [2.75, 3.05) is 5.32 Å². The molecule has 0 fully saturated rings. The minimum atomic E-state index is -2.98. The van der Waals surface area contributed by atoms with Gasteiger partial charge in [0.25, 0.3) is 5.91 Å². The molecule has 0 saturated carbocycles. The number of anilines is 1. The van der Waals surface area contributed by atoms with E-state index in [4.69, 9.17) is 27.9 Å². The van der Waals surface area contributed by atoms with E-state index < -0.39 is 6.61 Å². The molecule has 146 valence electrons. The zero-order chi connectivity index (χ0) is 20.1. The highest BCUT2D eigenvalue weighted by Crippen LogP contribution is 2.29. The number of hydrogen-bond donors (Lipinski definition) is 1. The topological polar surface area (TPSA) is 47.6 Å². The van der Waals surface area contributed by atoms with Crippen molar-refractivity contribution < 1.29 is 23.0 Å². The summed E-state index contributed by atoms with van der Waals surface area (Å²) in [4.78, 5) is 12.8. The Morgan fingerprint density at radius 2 is 1.96 bits per heavy atom. The Morgan fingerprint density at radius 3 is 2.68 bits per heavy atom. The van der Waals surface area contributed by atoms with E-state index in [1.807, 2.05) is 5.38 Å². The van der Waals surface area contributed by atoms with Crippen LogP contribution < -0.4 is 14.8 Å². The third-order valence-electron chi connectivity index (χ3n) is 3.48. The third kappa shape index (κ3) is 5.58. The number of halogens is 4. The molecule has 0 bridgehead atoms. The van der Waals surface area contributed by atoms with Crippen molar-refractivity contribution in [2.24, 2.45) is 0 Å². The van der Waals surface area contributed by atoms with Gasteiger partial charge in [0.05, 0.1) is 9.90 Å².